The van der Waals surface area contributed by atoms with Crippen LogP contribution >= 0.6 is 0 Å². The number of aliphatic carboxylic acids is 3. The Hall–Kier alpha value is -3.45. The van der Waals surface area contributed by atoms with Gasteiger partial charge in [0.25, 0.3) is 0 Å². The first kappa shape index (κ1) is 26.6. The highest BCUT2D eigenvalue weighted by atomic mass is 16.4. The van der Waals surface area contributed by atoms with Gasteiger partial charge in [0.15, 0.2) is 0 Å². The van der Waals surface area contributed by atoms with Crippen molar-refractivity contribution < 1.29 is 29.7 Å². The third-order valence-electron chi connectivity index (χ3n) is 5.19. The molecule has 0 aliphatic heterocycles. The molecule has 4 N–H and O–H groups in total. The van der Waals surface area contributed by atoms with Gasteiger partial charge in [-0.25, -0.2) is 9.59 Å². The van der Waals surface area contributed by atoms with Crippen molar-refractivity contribution in [2.45, 2.75) is 25.7 Å². The monoisotopic (exact) mass is 441 g/mol. The predicted molar refractivity (Wildman–Crippen MR) is 123 cm³/mol. The van der Waals surface area contributed by atoms with E-state index in [2.05, 4.69) is 24.4 Å². The standard InChI is InChI=1S/C21H27NO2.C4H4O4/c1-15(14-22-3)19(17-10-6-4-7-11-17)20(16(2)21(23)24)18-12-8-5-9-13-18;5-3(6)1-2-4(7)8/h4-13,15-16,19-20,22H,14H2,1-3H3,(H,23,24);1-2H,(H,5,6)(H,7,8). The van der Waals surface area contributed by atoms with Crippen molar-refractivity contribution >= 4 is 17.9 Å². The summed E-state index contributed by atoms with van der Waals surface area (Å²) in [6.45, 7) is 4.86. The molecule has 0 fully saturated rings. The zero-order valence-corrected chi connectivity index (χ0v) is 18.5. The summed E-state index contributed by atoms with van der Waals surface area (Å²) in [6.07, 6.45) is 1.12. The number of hydrogen-bond donors (Lipinski definition) is 4. The molecule has 0 heterocycles. The van der Waals surface area contributed by atoms with Gasteiger partial charge in [-0.1, -0.05) is 74.5 Å². The molecule has 7 nitrogen and oxygen atoms in total. The lowest BCUT2D eigenvalue weighted by atomic mass is 9.69. The summed E-state index contributed by atoms with van der Waals surface area (Å²) >= 11 is 0. The normalized spacial score (nSPS) is 14.5. The maximum absolute atomic E-state index is 11.8. The van der Waals surface area contributed by atoms with Gasteiger partial charge in [0, 0.05) is 18.1 Å². The highest BCUT2D eigenvalue weighted by molar-refractivity contribution is 5.89. The largest absolute Gasteiger partial charge is 0.481 e. The fourth-order valence-electron chi connectivity index (χ4n) is 3.79. The second-order valence-electron chi connectivity index (χ2n) is 7.54. The number of carbonyl (C=O) groups is 3. The molecule has 0 aromatic heterocycles. The number of carboxylic acid groups (broad SMARTS) is 3. The van der Waals surface area contributed by atoms with Crippen LogP contribution in [0, 0.1) is 11.8 Å². The molecule has 2 rings (SSSR count). The van der Waals surface area contributed by atoms with Gasteiger partial charge >= 0.3 is 17.9 Å². The topological polar surface area (TPSA) is 124 Å². The summed E-state index contributed by atoms with van der Waals surface area (Å²) in [6, 6.07) is 20.3. The molecule has 0 bridgehead atoms. The van der Waals surface area contributed by atoms with Gasteiger partial charge in [-0.2, -0.15) is 0 Å². The van der Waals surface area contributed by atoms with Crippen LogP contribution in [0.3, 0.4) is 0 Å². The van der Waals surface area contributed by atoms with E-state index >= 15 is 0 Å². The van der Waals surface area contributed by atoms with Gasteiger partial charge in [0.2, 0.25) is 0 Å². The Labute approximate surface area is 188 Å². The maximum Gasteiger partial charge on any atom is 0.328 e. The molecule has 0 aliphatic carbocycles. The lowest BCUT2D eigenvalue weighted by Crippen LogP contribution is -2.32. The maximum atomic E-state index is 11.8. The predicted octanol–water partition coefficient (Wildman–Crippen LogP) is 3.84. The number of nitrogens with one attached hydrogen (secondary N) is 1. The average Bonchev–Trinajstić information content (AvgIpc) is 2.77. The van der Waals surface area contributed by atoms with Gasteiger partial charge in [-0.05, 0) is 36.6 Å². The molecule has 0 radical (unpaired) electrons. The Morgan fingerprint density at radius 1 is 0.781 bits per heavy atom. The molecule has 4 unspecified atom stereocenters. The van der Waals surface area contributed by atoms with Crippen LogP contribution in [-0.2, 0) is 14.4 Å². The van der Waals surface area contributed by atoms with E-state index in [0.717, 1.165) is 12.1 Å². The third-order valence-corrected chi connectivity index (χ3v) is 5.19. The van der Waals surface area contributed by atoms with Crippen molar-refractivity contribution in [2.24, 2.45) is 11.8 Å². The van der Waals surface area contributed by atoms with Crippen LogP contribution in [0.5, 0.6) is 0 Å². The highest BCUT2D eigenvalue weighted by Crippen LogP contribution is 2.43. The first-order valence-electron chi connectivity index (χ1n) is 10.3. The number of carboxylic acids is 3. The fraction of sp³-hybridized carbons (Fsp3) is 0.320. The molecule has 2 aromatic carbocycles. The molecule has 32 heavy (non-hydrogen) atoms. The smallest absolute Gasteiger partial charge is 0.328 e. The molecule has 0 amide bonds. The minimum absolute atomic E-state index is 0.0746. The van der Waals surface area contributed by atoms with Crippen LogP contribution in [0.4, 0.5) is 0 Å². The van der Waals surface area contributed by atoms with Gasteiger partial charge in [0.05, 0.1) is 5.92 Å². The molecule has 0 spiro atoms. The van der Waals surface area contributed by atoms with E-state index in [1.165, 1.54) is 5.56 Å². The van der Waals surface area contributed by atoms with E-state index < -0.39 is 23.8 Å². The van der Waals surface area contributed by atoms with Gasteiger partial charge < -0.3 is 20.6 Å². The molecule has 0 saturated heterocycles. The Morgan fingerprint density at radius 3 is 1.53 bits per heavy atom. The molecule has 172 valence electrons. The highest BCUT2D eigenvalue weighted by Gasteiger charge is 2.36. The lowest BCUT2D eigenvalue weighted by molar-refractivity contribution is -0.142. The van der Waals surface area contributed by atoms with Crippen molar-refractivity contribution in [1.29, 1.82) is 0 Å². The first-order chi connectivity index (χ1) is 15.2. The van der Waals surface area contributed by atoms with E-state index in [4.69, 9.17) is 10.2 Å². The summed E-state index contributed by atoms with van der Waals surface area (Å²) in [5.74, 6) is -3.36. The Kier molecular flexibility index (Phi) is 11.4. The van der Waals surface area contributed by atoms with Crippen LogP contribution in [0.25, 0.3) is 0 Å². The molecule has 7 heteroatoms. The summed E-state index contributed by atoms with van der Waals surface area (Å²) in [5.41, 5.74) is 2.28. The van der Waals surface area contributed by atoms with E-state index in [9.17, 15) is 19.5 Å². The Morgan fingerprint density at radius 2 is 1.19 bits per heavy atom. The number of benzene rings is 2. The first-order valence-corrected chi connectivity index (χ1v) is 10.3. The average molecular weight is 442 g/mol. The minimum Gasteiger partial charge on any atom is -0.481 e. The Bertz CT molecular complexity index is 866. The lowest BCUT2D eigenvalue weighted by Gasteiger charge is -2.35. The zero-order chi connectivity index (χ0) is 24.1. The molecule has 4 atom stereocenters. The molecular weight excluding hydrogens is 410 g/mol. The van der Waals surface area contributed by atoms with E-state index in [0.29, 0.717) is 18.1 Å². The fourth-order valence-corrected chi connectivity index (χ4v) is 3.79. The Balaban J connectivity index is 0.000000547. The third kappa shape index (κ3) is 8.73. The van der Waals surface area contributed by atoms with Crippen molar-refractivity contribution in [3.05, 3.63) is 83.9 Å². The summed E-state index contributed by atoms with van der Waals surface area (Å²) < 4.78 is 0. The van der Waals surface area contributed by atoms with Crippen molar-refractivity contribution in [3.8, 4) is 0 Å². The zero-order valence-electron chi connectivity index (χ0n) is 18.5. The van der Waals surface area contributed by atoms with Crippen LogP contribution < -0.4 is 5.32 Å². The van der Waals surface area contributed by atoms with E-state index in [-0.39, 0.29) is 11.8 Å². The van der Waals surface area contributed by atoms with E-state index in [1.54, 1.807) is 0 Å². The summed E-state index contributed by atoms with van der Waals surface area (Å²) in [5, 5.41) is 28.6. The summed E-state index contributed by atoms with van der Waals surface area (Å²) in [7, 11) is 1.94. The number of hydrogen-bond acceptors (Lipinski definition) is 4. The second-order valence-corrected chi connectivity index (χ2v) is 7.54. The van der Waals surface area contributed by atoms with Crippen LogP contribution in [0.1, 0.15) is 36.8 Å². The van der Waals surface area contributed by atoms with Crippen LogP contribution in [0.2, 0.25) is 0 Å². The number of rotatable bonds is 10. The van der Waals surface area contributed by atoms with Crippen LogP contribution in [-0.4, -0.2) is 46.8 Å². The molecule has 0 saturated carbocycles. The molecule has 2 aromatic rings. The van der Waals surface area contributed by atoms with Crippen molar-refractivity contribution in [3.63, 3.8) is 0 Å². The SMILES string of the molecule is CNCC(C)C(c1ccccc1)C(c1ccccc1)C(C)C(=O)O.O=C(O)C=CC(=O)O. The minimum atomic E-state index is -1.26. The van der Waals surface area contributed by atoms with Gasteiger partial charge in [0.1, 0.15) is 0 Å². The van der Waals surface area contributed by atoms with Gasteiger partial charge in [-0.3, -0.25) is 4.79 Å². The molecule has 0 aliphatic rings. The quantitative estimate of drug-likeness (QED) is 0.413. The molecular formula is C25H31NO6. The summed E-state index contributed by atoms with van der Waals surface area (Å²) in [4.78, 5) is 30.9. The van der Waals surface area contributed by atoms with Gasteiger partial charge in [-0.15, -0.1) is 0 Å². The van der Waals surface area contributed by atoms with Crippen molar-refractivity contribution in [2.75, 3.05) is 13.6 Å². The van der Waals surface area contributed by atoms with Crippen LogP contribution in [0.15, 0.2) is 72.8 Å². The van der Waals surface area contributed by atoms with E-state index in [1.807, 2.05) is 62.5 Å². The van der Waals surface area contributed by atoms with Crippen molar-refractivity contribution in [1.82, 2.24) is 5.32 Å². The second kappa shape index (κ2) is 13.8.